The van der Waals surface area contributed by atoms with Crippen LogP contribution in [-0.2, 0) is 17.6 Å². The van der Waals surface area contributed by atoms with E-state index in [9.17, 15) is 0 Å². The normalized spacial score (nSPS) is 32.6. The van der Waals surface area contributed by atoms with Crippen LogP contribution < -0.4 is 0 Å². The van der Waals surface area contributed by atoms with E-state index in [2.05, 4.69) is 32.0 Å². The molecule has 1 aromatic rings. The van der Waals surface area contributed by atoms with Crippen molar-refractivity contribution in [2.75, 3.05) is 6.61 Å². The maximum Gasteiger partial charge on any atom is 0.0578 e. The van der Waals surface area contributed by atoms with E-state index in [0.717, 1.165) is 30.3 Å². The Bertz CT molecular complexity index is 621. The molecule has 0 bridgehead atoms. The predicted octanol–water partition coefficient (Wildman–Crippen LogP) is 7.46. The lowest BCUT2D eigenvalue weighted by Crippen LogP contribution is -2.34. The van der Waals surface area contributed by atoms with Gasteiger partial charge in [-0.15, -0.1) is 0 Å². The Balaban J connectivity index is 1.33. The van der Waals surface area contributed by atoms with Gasteiger partial charge in [-0.05, 0) is 105 Å². The van der Waals surface area contributed by atoms with E-state index < -0.39 is 0 Å². The lowest BCUT2D eigenvalue weighted by molar-refractivity contribution is -0.0159. The summed E-state index contributed by atoms with van der Waals surface area (Å²) >= 11 is 0. The Kier molecular flexibility index (Phi) is 7.15. The highest BCUT2D eigenvalue weighted by Gasteiger charge is 2.36. The van der Waals surface area contributed by atoms with E-state index in [1.165, 1.54) is 83.5 Å². The summed E-state index contributed by atoms with van der Waals surface area (Å²) in [6, 6.07) is 7.61. The van der Waals surface area contributed by atoms with Gasteiger partial charge in [0.1, 0.15) is 0 Å². The third-order valence-electron chi connectivity index (χ3n) is 8.15. The summed E-state index contributed by atoms with van der Waals surface area (Å²) < 4.78 is 6.17. The molecular weight excluding hydrogens is 340 g/mol. The lowest BCUT2D eigenvalue weighted by Gasteiger charge is -2.42. The van der Waals surface area contributed by atoms with Crippen LogP contribution in [0.2, 0.25) is 0 Å². The van der Waals surface area contributed by atoms with E-state index in [1.54, 1.807) is 16.7 Å². The molecule has 28 heavy (non-hydrogen) atoms. The van der Waals surface area contributed by atoms with Crippen LogP contribution in [-0.4, -0.2) is 12.7 Å². The molecule has 4 rings (SSSR count). The van der Waals surface area contributed by atoms with Crippen LogP contribution >= 0.6 is 0 Å². The molecule has 156 valence electrons. The average Bonchev–Trinajstić information content (AvgIpc) is 2.73. The van der Waals surface area contributed by atoms with Crippen molar-refractivity contribution >= 4 is 0 Å². The molecule has 0 aliphatic heterocycles. The minimum absolute atomic E-state index is 0.559. The molecule has 0 N–H and O–H groups in total. The first kappa shape index (κ1) is 20.5. The van der Waals surface area contributed by atoms with Gasteiger partial charge in [0.25, 0.3) is 0 Å². The van der Waals surface area contributed by atoms with Crippen molar-refractivity contribution < 1.29 is 4.74 Å². The Morgan fingerprint density at radius 2 is 1.75 bits per heavy atom. The van der Waals surface area contributed by atoms with E-state index in [4.69, 9.17) is 4.74 Å². The Morgan fingerprint density at radius 3 is 2.61 bits per heavy atom. The number of unbranched alkanes of at least 4 members (excludes halogenated alkanes) is 1. The van der Waals surface area contributed by atoms with Crippen LogP contribution in [0.15, 0.2) is 18.2 Å². The maximum atomic E-state index is 6.17. The molecule has 0 radical (unpaired) electrons. The number of fused-ring (bicyclic) bond motifs is 2. The van der Waals surface area contributed by atoms with Gasteiger partial charge in [0.2, 0.25) is 0 Å². The summed E-state index contributed by atoms with van der Waals surface area (Å²) in [5.74, 6) is 3.64. The van der Waals surface area contributed by atoms with Crippen molar-refractivity contribution in [1.29, 1.82) is 0 Å². The third-order valence-corrected chi connectivity index (χ3v) is 8.15. The highest BCUT2D eigenvalue weighted by Crippen LogP contribution is 2.47. The molecule has 5 unspecified atom stereocenters. The first-order chi connectivity index (χ1) is 13.8. The molecule has 2 fully saturated rings. The zero-order valence-corrected chi connectivity index (χ0v) is 18.4. The second-order valence-corrected chi connectivity index (χ2v) is 10.1. The average molecular weight is 383 g/mol. The summed E-state index contributed by atoms with van der Waals surface area (Å²) in [5.41, 5.74) is 5.00. The van der Waals surface area contributed by atoms with Crippen LogP contribution in [0.5, 0.6) is 0 Å². The van der Waals surface area contributed by atoms with Crippen molar-refractivity contribution in [2.24, 2.45) is 17.8 Å². The van der Waals surface area contributed by atoms with Gasteiger partial charge in [-0.25, -0.2) is 0 Å². The molecule has 0 amide bonds. The fraction of sp³-hybridized carbons (Fsp3) is 0.778. The second-order valence-electron chi connectivity index (χ2n) is 10.1. The lowest BCUT2D eigenvalue weighted by atomic mass is 9.65. The zero-order valence-electron chi connectivity index (χ0n) is 18.4. The van der Waals surface area contributed by atoms with Crippen molar-refractivity contribution in [2.45, 2.75) is 109 Å². The quantitative estimate of drug-likeness (QED) is 0.445. The highest BCUT2D eigenvalue weighted by molar-refractivity contribution is 5.36. The van der Waals surface area contributed by atoms with Gasteiger partial charge >= 0.3 is 0 Å². The molecule has 0 saturated heterocycles. The van der Waals surface area contributed by atoms with Gasteiger partial charge in [-0.2, -0.15) is 0 Å². The molecule has 3 aliphatic carbocycles. The highest BCUT2D eigenvalue weighted by atomic mass is 16.5. The van der Waals surface area contributed by atoms with E-state index in [-0.39, 0.29) is 0 Å². The molecular formula is C27H42O. The molecule has 3 aliphatic rings. The number of rotatable bonds is 7. The van der Waals surface area contributed by atoms with Crippen LogP contribution in [0, 0.1) is 17.8 Å². The molecule has 0 spiro atoms. The van der Waals surface area contributed by atoms with Crippen LogP contribution in [0.25, 0.3) is 0 Å². The van der Waals surface area contributed by atoms with Crippen molar-refractivity contribution in [3.8, 4) is 0 Å². The number of benzene rings is 1. The van der Waals surface area contributed by atoms with Crippen LogP contribution in [0.3, 0.4) is 0 Å². The monoisotopic (exact) mass is 382 g/mol. The van der Waals surface area contributed by atoms with E-state index >= 15 is 0 Å². The van der Waals surface area contributed by atoms with Crippen molar-refractivity contribution in [1.82, 2.24) is 0 Å². The van der Waals surface area contributed by atoms with Gasteiger partial charge in [0, 0.05) is 6.61 Å². The second kappa shape index (κ2) is 9.79. The number of hydrogen-bond acceptors (Lipinski definition) is 1. The fourth-order valence-corrected chi connectivity index (χ4v) is 6.45. The fourth-order valence-electron chi connectivity index (χ4n) is 6.45. The first-order valence-electron chi connectivity index (χ1n) is 12.5. The standard InChI is InChI=1S/C27H42O/c1-3-5-15-28-27-14-13-25-18-24(11-12-26(25)19-27)23-10-9-21-16-20(6-4-2)7-8-22(21)17-23/h9-10,17,20,24-27H,3-8,11-16,18-19H2,1-2H3. The SMILES string of the molecule is CCCCOC1CCC2CC(c3ccc4c(c3)CCC(CCC)C4)CCC2C1. The van der Waals surface area contributed by atoms with Gasteiger partial charge in [0.05, 0.1) is 6.10 Å². The summed E-state index contributed by atoms with van der Waals surface area (Å²) in [6.07, 6.45) is 18.2. The number of ether oxygens (including phenoxy) is 1. The summed E-state index contributed by atoms with van der Waals surface area (Å²) in [4.78, 5) is 0. The molecule has 0 aromatic heterocycles. The van der Waals surface area contributed by atoms with Crippen LogP contribution in [0.4, 0.5) is 0 Å². The third kappa shape index (κ3) is 4.84. The predicted molar refractivity (Wildman–Crippen MR) is 119 cm³/mol. The number of hydrogen-bond donors (Lipinski definition) is 0. The smallest absolute Gasteiger partial charge is 0.0578 e. The largest absolute Gasteiger partial charge is 0.378 e. The molecule has 5 atom stereocenters. The zero-order chi connectivity index (χ0) is 19.3. The van der Waals surface area contributed by atoms with Gasteiger partial charge in [0.15, 0.2) is 0 Å². The summed E-state index contributed by atoms with van der Waals surface area (Å²) in [6.45, 7) is 5.57. The first-order valence-corrected chi connectivity index (χ1v) is 12.5. The van der Waals surface area contributed by atoms with Crippen LogP contribution in [0.1, 0.15) is 107 Å². The minimum atomic E-state index is 0.559. The van der Waals surface area contributed by atoms with Crippen molar-refractivity contribution in [3.63, 3.8) is 0 Å². The Hall–Kier alpha value is -0.820. The summed E-state index contributed by atoms with van der Waals surface area (Å²) in [7, 11) is 0. The van der Waals surface area contributed by atoms with E-state index in [1.807, 2.05) is 0 Å². The maximum absolute atomic E-state index is 6.17. The molecule has 1 nitrogen and oxygen atoms in total. The molecule has 1 heteroatoms. The molecule has 2 saturated carbocycles. The Morgan fingerprint density at radius 1 is 0.893 bits per heavy atom. The van der Waals surface area contributed by atoms with Gasteiger partial charge in [-0.1, -0.05) is 51.3 Å². The van der Waals surface area contributed by atoms with E-state index in [0.29, 0.717) is 6.10 Å². The number of aryl methyl sites for hydroxylation is 1. The molecule has 1 aromatic carbocycles. The van der Waals surface area contributed by atoms with Crippen molar-refractivity contribution in [3.05, 3.63) is 34.9 Å². The van der Waals surface area contributed by atoms with Gasteiger partial charge in [-0.3, -0.25) is 0 Å². The molecule has 0 heterocycles. The minimum Gasteiger partial charge on any atom is -0.378 e. The van der Waals surface area contributed by atoms with Gasteiger partial charge < -0.3 is 4.74 Å². The Labute approximate surface area is 173 Å². The summed E-state index contributed by atoms with van der Waals surface area (Å²) in [5, 5.41) is 0. The topological polar surface area (TPSA) is 9.23 Å².